The summed E-state index contributed by atoms with van der Waals surface area (Å²) in [6, 6.07) is 22.5. The van der Waals surface area contributed by atoms with E-state index in [2.05, 4.69) is 31.2 Å². The van der Waals surface area contributed by atoms with Crippen LogP contribution in [0.4, 0.5) is 29.7 Å². The van der Waals surface area contributed by atoms with Crippen molar-refractivity contribution in [2.24, 2.45) is 0 Å². The molecular weight excluding hydrogens is 757 g/mol. The Kier molecular flexibility index (Phi) is 12.0. The minimum atomic E-state index is -5.33. The maximum atomic E-state index is 13.5. The predicted molar refractivity (Wildman–Crippen MR) is 207 cm³/mol. The molecule has 3 amide bonds. The molecule has 0 unspecified atom stereocenters. The van der Waals surface area contributed by atoms with Gasteiger partial charge in [0.05, 0.1) is 30.6 Å². The molecule has 5 N–H and O–H groups in total. The fraction of sp³-hybridized carbons (Fsp3) is 0.375. The third-order valence-corrected chi connectivity index (χ3v) is 10.4. The number of aliphatic hydroxyl groups excluding tert-OH is 1. The van der Waals surface area contributed by atoms with Crippen LogP contribution in [0, 0.1) is 0 Å². The van der Waals surface area contributed by atoms with E-state index in [1.165, 1.54) is 10.9 Å². The highest BCUT2D eigenvalue weighted by molar-refractivity contribution is 5.85. The second-order valence-corrected chi connectivity index (χ2v) is 14.2. The van der Waals surface area contributed by atoms with Crippen molar-refractivity contribution in [3.05, 3.63) is 108 Å². The van der Waals surface area contributed by atoms with Crippen molar-refractivity contribution in [3.8, 4) is 0 Å². The highest BCUT2D eigenvalue weighted by Gasteiger charge is 2.51. The number of hydrogen-bond donors (Lipinski definition) is 5. The van der Waals surface area contributed by atoms with Crippen LogP contribution in [0.5, 0.6) is 0 Å². The summed E-state index contributed by atoms with van der Waals surface area (Å²) in [5.41, 5.74) is 3.27. The van der Waals surface area contributed by atoms with Crippen molar-refractivity contribution in [3.63, 3.8) is 0 Å². The summed E-state index contributed by atoms with van der Waals surface area (Å²) < 4.78 is 46.9. The van der Waals surface area contributed by atoms with Crippen molar-refractivity contribution in [1.29, 1.82) is 0 Å². The summed E-state index contributed by atoms with van der Waals surface area (Å²) in [5, 5.41) is 23.1. The average molecular weight is 801 g/mol. The van der Waals surface area contributed by atoms with Gasteiger partial charge in [-0.1, -0.05) is 73.7 Å². The van der Waals surface area contributed by atoms with Crippen molar-refractivity contribution in [2.75, 3.05) is 29.9 Å². The van der Waals surface area contributed by atoms with Crippen LogP contribution >= 0.6 is 0 Å². The van der Waals surface area contributed by atoms with Gasteiger partial charge in [0, 0.05) is 44.2 Å². The lowest BCUT2D eigenvalue weighted by atomic mass is 9.91. The number of ether oxygens (including phenoxy) is 1. The molecule has 0 radical (unpaired) electrons. The van der Waals surface area contributed by atoms with Gasteiger partial charge in [0.1, 0.15) is 6.10 Å². The standard InChI is InChI=1S/C40H43F3N10O5/c1-2-31(54)49-29-19-30(34(33(29)55)58-37(56)40(41,42)43)53-23-47-32-35(45-21-28(24-11-5-3-6-12-24)25-13-7-4-8-14-25)50-38(51-36(32)53)52-18-16-27(22-52)48-39(57)46-20-26-15-9-10-17-44-26/h3-15,17,23,27-30,33-34,55H,2,16,18-22H2,1H3,(H,49,54)(H,45,50,51)(H2,46,48,57)/t27-,29+,30-,33-,34-/m1/s1. The number of imidazole rings is 1. The molecule has 2 aromatic carbocycles. The second-order valence-electron chi connectivity index (χ2n) is 14.2. The quantitative estimate of drug-likeness (QED) is 0.107. The van der Waals surface area contributed by atoms with Crippen LogP contribution in [0.15, 0.2) is 91.4 Å². The van der Waals surface area contributed by atoms with Crippen LogP contribution in [0.3, 0.4) is 0 Å². The van der Waals surface area contributed by atoms with Crippen LogP contribution in [0.25, 0.3) is 11.2 Å². The molecule has 15 nitrogen and oxygen atoms in total. The third kappa shape index (κ3) is 9.12. The number of rotatable bonds is 13. The number of aromatic nitrogens is 5. The molecule has 1 saturated carbocycles. The number of fused-ring (bicyclic) bond motifs is 1. The number of benzene rings is 2. The maximum absolute atomic E-state index is 13.5. The van der Waals surface area contributed by atoms with E-state index in [1.54, 1.807) is 25.3 Å². The highest BCUT2D eigenvalue weighted by Crippen LogP contribution is 2.38. The first-order valence-corrected chi connectivity index (χ1v) is 19.0. The molecule has 0 spiro atoms. The largest absolute Gasteiger partial charge is 0.490 e. The minimum absolute atomic E-state index is 0.0606. The summed E-state index contributed by atoms with van der Waals surface area (Å²) in [6.07, 6.45) is -5.18. The van der Waals surface area contributed by atoms with Gasteiger partial charge in [0.15, 0.2) is 23.1 Å². The number of nitrogens with one attached hydrogen (secondary N) is 4. The zero-order chi connectivity index (χ0) is 40.8. The van der Waals surface area contributed by atoms with Gasteiger partial charge in [-0.05, 0) is 36.1 Å². The number of anilines is 2. The van der Waals surface area contributed by atoms with E-state index in [0.717, 1.165) is 11.1 Å². The fourth-order valence-electron chi connectivity index (χ4n) is 7.43. The van der Waals surface area contributed by atoms with Gasteiger partial charge in [-0.3, -0.25) is 9.78 Å². The number of carbonyl (C=O) groups excluding carboxylic acids is 3. The number of halogens is 3. The zero-order valence-corrected chi connectivity index (χ0v) is 31.5. The van der Waals surface area contributed by atoms with Gasteiger partial charge in [-0.2, -0.15) is 23.1 Å². The Morgan fingerprint density at radius 3 is 2.31 bits per heavy atom. The molecule has 0 bridgehead atoms. The Morgan fingerprint density at radius 1 is 0.948 bits per heavy atom. The first kappa shape index (κ1) is 39.9. The number of carbonyl (C=O) groups is 3. The van der Waals surface area contributed by atoms with Gasteiger partial charge in [0.25, 0.3) is 0 Å². The van der Waals surface area contributed by atoms with E-state index in [9.17, 15) is 32.7 Å². The molecule has 2 fully saturated rings. The molecule has 18 heteroatoms. The molecule has 2 aliphatic rings. The van der Waals surface area contributed by atoms with E-state index in [0.29, 0.717) is 37.6 Å². The summed E-state index contributed by atoms with van der Waals surface area (Å²) in [6.45, 7) is 3.00. The molecule has 5 atom stereocenters. The molecule has 304 valence electrons. The Hall–Kier alpha value is -6.30. The van der Waals surface area contributed by atoms with Gasteiger partial charge in [-0.25, -0.2) is 14.6 Å². The second kappa shape index (κ2) is 17.5. The van der Waals surface area contributed by atoms with E-state index in [1.807, 2.05) is 71.6 Å². The Bertz CT molecular complexity index is 2160. The lowest BCUT2D eigenvalue weighted by Crippen LogP contribution is -2.45. The number of urea groups is 1. The Morgan fingerprint density at radius 2 is 1.66 bits per heavy atom. The normalized spacial score (nSPS) is 20.6. The summed E-state index contributed by atoms with van der Waals surface area (Å²) in [5.74, 6) is -2.45. The number of pyridine rings is 1. The first-order valence-electron chi connectivity index (χ1n) is 19.0. The van der Waals surface area contributed by atoms with Crippen LogP contribution in [0.1, 0.15) is 55.0 Å². The van der Waals surface area contributed by atoms with Gasteiger partial charge in [0.2, 0.25) is 11.9 Å². The predicted octanol–water partition coefficient (Wildman–Crippen LogP) is 4.22. The number of esters is 1. The van der Waals surface area contributed by atoms with Gasteiger partial charge < -0.3 is 40.6 Å². The number of nitrogens with zero attached hydrogens (tertiary/aromatic N) is 6. The summed E-state index contributed by atoms with van der Waals surface area (Å²) in [4.78, 5) is 57.8. The topological polar surface area (TPSA) is 189 Å². The minimum Gasteiger partial charge on any atom is -0.451 e. The summed E-state index contributed by atoms with van der Waals surface area (Å²) >= 11 is 0. The van der Waals surface area contributed by atoms with Crippen molar-refractivity contribution in [1.82, 2.24) is 40.5 Å². The van der Waals surface area contributed by atoms with Crippen molar-refractivity contribution < 1.29 is 37.4 Å². The van der Waals surface area contributed by atoms with Gasteiger partial charge in [-0.15, -0.1) is 0 Å². The molecule has 4 heterocycles. The number of hydrogen-bond acceptors (Lipinski definition) is 11. The number of aliphatic hydroxyl groups is 1. The third-order valence-electron chi connectivity index (χ3n) is 10.4. The van der Waals surface area contributed by atoms with Crippen LogP contribution in [0.2, 0.25) is 0 Å². The zero-order valence-electron chi connectivity index (χ0n) is 31.5. The molecule has 5 aromatic rings. The summed E-state index contributed by atoms with van der Waals surface area (Å²) in [7, 11) is 0. The van der Waals surface area contributed by atoms with Crippen LogP contribution in [-0.2, 0) is 20.9 Å². The van der Waals surface area contributed by atoms with Gasteiger partial charge >= 0.3 is 18.2 Å². The maximum Gasteiger partial charge on any atom is 0.490 e. The lowest BCUT2D eigenvalue weighted by Gasteiger charge is -2.25. The lowest BCUT2D eigenvalue weighted by molar-refractivity contribution is -0.209. The van der Waals surface area contributed by atoms with Crippen molar-refractivity contribution >= 4 is 40.8 Å². The molecule has 1 aliphatic heterocycles. The van der Waals surface area contributed by atoms with Crippen LogP contribution < -0.4 is 26.2 Å². The molecule has 1 saturated heterocycles. The fourth-order valence-corrected chi connectivity index (χ4v) is 7.43. The van der Waals surface area contributed by atoms with Crippen molar-refractivity contribution in [2.45, 2.75) is 75.2 Å². The molecule has 7 rings (SSSR count). The Balaban J connectivity index is 1.21. The molecular formula is C40H43F3N10O5. The molecule has 3 aromatic heterocycles. The van der Waals surface area contributed by atoms with E-state index in [-0.39, 0.29) is 54.5 Å². The van der Waals surface area contributed by atoms with E-state index in [4.69, 9.17) is 14.7 Å². The first-order chi connectivity index (χ1) is 28.0. The van der Waals surface area contributed by atoms with E-state index >= 15 is 0 Å². The Labute approximate surface area is 331 Å². The monoisotopic (exact) mass is 800 g/mol. The molecule has 58 heavy (non-hydrogen) atoms. The number of amides is 3. The van der Waals surface area contributed by atoms with Crippen LogP contribution in [-0.4, -0.2) is 97.6 Å². The van der Waals surface area contributed by atoms with E-state index < -0.39 is 42.3 Å². The number of alkyl halides is 3. The molecule has 1 aliphatic carbocycles. The highest BCUT2D eigenvalue weighted by atomic mass is 19.4. The average Bonchev–Trinajstić information content (AvgIpc) is 3.95. The smallest absolute Gasteiger partial charge is 0.451 e. The SMILES string of the molecule is CCC(=O)N[C@H]1C[C@@H](n2cnc3c(NCC(c4ccccc4)c4ccccc4)nc(N4CC[C@@H](NC(=O)NCc5ccccn5)C4)nc32)[C@@H](OC(=O)C(F)(F)F)[C@@H]1O.